The van der Waals surface area contributed by atoms with Gasteiger partial charge in [-0.1, -0.05) is 0 Å². The average Bonchev–Trinajstić information content (AvgIpc) is 2.94. The van der Waals surface area contributed by atoms with Gasteiger partial charge in [0.2, 0.25) is 0 Å². The third-order valence-electron chi connectivity index (χ3n) is 5.84. The topological polar surface area (TPSA) is 36.7 Å². The minimum absolute atomic E-state index is 0.564. The smallest absolute Gasteiger partial charge is 0.134 e. The lowest BCUT2D eigenvalue weighted by molar-refractivity contribution is 0.0872. The number of rotatable bonds is 2. The number of imidazole rings is 1. The van der Waals surface area contributed by atoms with Gasteiger partial charge in [0.1, 0.15) is 15.9 Å². The van der Waals surface area contributed by atoms with Crippen molar-refractivity contribution in [3.8, 4) is 0 Å². The van der Waals surface area contributed by atoms with E-state index in [0.717, 1.165) is 21.9 Å². The second-order valence-corrected chi connectivity index (χ2v) is 8.09. The number of halogens is 1. The lowest BCUT2D eigenvalue weighted by Crippen LogP contribution is -2.49. The summed E-state index contributed by atoms with van der Waals surface area (Å²) in [6.45, 7) is 6.94. The summed E-state index contributed by atoms with van der Waals surface area (Å²) < 4.78 is 3.18. The monoisotopic (exact) mass is 391 g/mol. The Hall–Kier alpha value is -0.980. The SMILES string of the molecule is Cc1nccn2c1c(Br)nc2[C@H]1CC[C@H](N2CCN(C)CC2)CC1. The van der Waals surface area contributed by atoms with Crippen LogP contribution in [0.3, 0.4) is 0 Å². The molecule has 6 heteroatoms. The molecule has 1 saturated heterocycles. The average molecular weight is 392 g/mol. The van der Waals surface area contributed by atoms with E-state index in [1.807, 2.05) is 6.20 Å². The molecule has 0 unspecified atom stereocenters. The van der Waals surface area contributed by atoms with Crippen LogP contribution in [0.5, 0.6) is 0 Å². The van der Waals surface area contributed by atoms with Gasteiger partial charge in [0.15, 0.2) is 0 Å². The van der Waals surface area contributed by atoms with Crippen molar-refractivity contribution in [1.82, 2.24) is 24.2 Å². The lowest BCUT2D eigenvalue weighted by atomic mass is 9.84. The summed E-state index contributed by atoms with van der Waals surface area (Å²) in [7, 11) is 2.23. The van der Waals surface area contributed by atoms with E-state index in [9.17, 15) is 0 Å². The van der Waals surface area contributed by atoms with Crippen molar-refractivity contribution in [1.29, 1.82) is 0 Å². The maximum Gasteiger partial charge on any atom is 0.134 e. The van der Waals surface area contributed by atoms with E-state index < -0.39 is 0 Å². The molecule has 0 bridgehead atoms. The van der Waals surface area contributed by atoms with Gasteiger partial charge in [-0.2, -0.15) is 0 Å². The van der Waals surface area contributed by atoms with Crippen LogP contribution in [-0.2, 0) is 0 Å². The van der Waals surface area contributed by atoms with Crippen LogP contribution in [-0.4, -0.2) is 63.4 Å². The quantitative estimate of drug-likeness (QED) is 0.787. The number of aromatic nitrogens is 3. The van der Waals surface area contributed by atoms with Crippen molar-refractivity contribution in [3.63, 3.8) is 0 Å². The van der Waals surface area contributed by atoms with Gasteiger partial charge in [-0.25, -0.2) is 4.98 Å². The Balaban J connectivity index is 1.47. The largest absolute Gasteiger partial charge is 0.304 e. The molecular formula is C18H26BrN5. The summed E-state index contributed by atoms with van der Waals surface area (Å²) >= 11 is 3.63. The first-order valence-corrected chi connectivity index (χ1v) is 9.84. The molecule has 0 amide bonds. The van der Waals surface area contributed by atoms with E-state index in [4.69, 9.17) is 4.98 Å². The number of hydrogen-bond acceptors (Lipinski definition) is 4. The Morgan fingerprint density at radius 1 is 1.08 bits per heavy atom. The molecule has 24 heavy (non-hydrogen) atoms. The highest BCUT2D eigenvalue weighted by molar-refractivity contribution is 9.10. The Morgan fingerprint density at radius 2 is 1.79 bits per heavy atom. The van der Waals surface area contributed by atoms with Crippen LogP contribution in [0.15, 0.2) is 17.0 Å². The molecule has 2 fully saturated rings. The van der Waals surface area contributed by atoms with Crippen molar-refractivity contribution >= 4 is 21.4 Å². The van der Waals surface area contributed by atoms with E-state index >= 15 is 0 Å². The van der Waals surface area contributed by atoms with Crippen molar-refractivity contribution in [2.45, 2.75) is 44.6 Å². The molecule has 2 aromatic heterocycles. The molecule has 0 radical (unpaired) electrons. The summed E-state index contributed by atoms with van der Waals surface area (Å²) in [6.07, 6.45) is 9.02. The Labute approximate surface area is 152 Å². The van der Waals surface area contributed by atoms with Crippen molar-refractivity contribution in [2.75, 3.05) is 33.2 Å². The Kier molecular flexibility index (Phi) is 4.62. The first-order valence-electron chi connectivity index (χ1n) is 9.05. The number of piperazine rings is 1. The van der Waals surface area contributed by atoms with E-state index in [1.54, 1.807) is 0 Å². The first-order chi connectivity index (χ1) is 11.6. The van der Waals surface area contributed by atoms with Gasteiger partial charge in [0, 0.05) is 50.5 Å². The van der Waals surface area contributed by atoms with Crippen LogP contribution in [0.2, 0.25) is 0 Å². The summed E-state index contributed by atoms with van der Waals surface area (Å²) in [5.74, 6) is 1.77. The zero-order valence-electron chi connectivity index (χ0n) is 14.6. The molecule has 0 atom stereocenters. The number of likely N-dealkylation sites (N-methyl/N-ethyl adjacent to an activating group) is 1. The maximum absolute atomic E-state index is 4.84. The molecule has 2 aliphatic rings. The third-order valence-corrected chi connectivity index (χ3v) is 6.39. The number of hydrogen-bond donors (Lipinski definition) is 0. The van der Waals surface area contributed by atoms with Crippen molar-refractivity contribution in [3.05, 3.63) is 28.5 Å². The van der Waals surface area contributed by atoms with Crippen LogP contribution in [0.4, 0.5) is 0 Å². The number of fused-ring (bicyclic) bond motifs is 1. The van der Waals surface area contributed by atoms with Crippen molar-refractivity contribution < 1.29 is 0 Å². The Bertz CT molecular complexity index is 712. The van der Waals surface area contributed by atoms with Gasteiger partial charge >= 0.3 is 0 Å². The van der Waals surface area contributed by atoms with Crippen LogP contribution >= 0.6 is 15.9 Å². The summed E-state index contributed by atoms with van der Waals surface area (Å²) in [5, 5.41) is 0. The molecule has 0 aromatic carbocycles. The second kappa shape index (κ2) is 6.73. The molecule has 0 spiro atoms. The molecule has 4 rings (SSSR count). The molecule has 5 nitrogen and oxygen atoms in total. The van der Waals surface area contributed by atoms with Gasteiger partial charge < -0.3 is 4.90 Å². The predicted molar refractivity (Wildman–Crippen MR) is 99.5 cm³/mol. The van der Waals surface area contributed by atoms with Crippen molar-refractivity contribution in [2.24, 2.45) is 0 Å². The van der Waals surface area contributed by atoms with Crippen LogP contribution in [0.25, 0.3) is 5.52 Å². The van der Waals surface area contributed by atoms with Gasteiger partial charge in [0.25, 0.3) is 0 Å². The van der Waals surface area contributed by atoms with Gasteiger partial charge in [-0.3, -0.25) is 14.3 Å². The van der Waals surface area contributed by atoms with Gasteiger partial charge in [0.05, 0.1) is 5.69 Å². The van der Waals surface area contributed by atoms with Crippen LogP contribution < -0.4 is 0 Å². The zero-order valence-corrected chi connectivity index (χ0v) is 16.2. The minimum Gasteiger partial charge on any atom is -0.304 e. The van der Waals surface area contributed by atoms with E-state index in [-0.39, 0.29) is 0 Å². The van der Waals surface area contributed by atoms with Crippen LogP contribution in [0, 0.1) is 6.92 Å². The highest BCUT2D eigenvalue weighted by Gasteiger charge is 2.30. The summed E-state index contributed by atoms with van der Waals surface area (Å²) in [6, 6.07) is 0.771. The van der Waals surface area contributed by atoms with E-state index in [0.29, 0.717) is 5.92 Å². The summed E-state index contributed by atoms with van der Waals surface area (Å²) in [4.78, 5) is 14.4. The Morgan fingerprint density at radius 3 is 2.50 bits per heavy atom. The lowest BCUT2D eigenvalue weighted by Gasteiger charge is -2.41. The van der Waals surface area contributed by atoms with Gasteiger partial charge in [-0.15, -0.1) is 0 Å². The number of nitrogens with zero attached hydrogens (tertiary/aromatic N) is 5. The molecule has 1 aliphatic heterocycles. The maximum atomic E-state index is 4.84. The predicted octanol–water partition coefficient (Wildman–Crippen LogP) is 3.07. The summed E-state index contributed by atoms with van der Waals surface area (Å²) in [5.41, 5.74) is 2.16. The standard InChI is InChI=1S/C18H26BrN5/c1-13-16-17(19)21-18(24(16)8-7-20-13)14-3-5-15(6-4-14)23-11-9-22(2)10-12-23/h7-8,14-15H,3-6,9-12H2,1-2H3/t14-,15-. The van der Waals surface area contributed by atoms with E-state index in [1.165, 1.54) is 57.7 Å². The third kappa shape index (κ3) is 3.00. The molecular weight excluding hydrogens is 366 g/mol. The fourth-order valence-corrected chi connectivity index (χ4v) is 5.00. The molecule has 3 heterocycles. The highest BCUT2D eigenvalue weighted by atomic mass is 79.9. The zero-order chi connectivity index (χ0) is 16.7. The van der Waals surface area contributed by atoms with Crippen LogP contribution in [0.1, 0.15) is 43.1 Å². The molecule has 0 N–H and O–H groups in total. The van der Waals surface area contributed by atoms with E-state index in [2.05, 4.69) is 55.3 Å². The minimum atomic E-state index is 0.564. The fraction of sp³-hybridized carbons (Fsp3) is 0.667. The normalized spacial score (nSPS) is 27.0. The molecule has 2 aromatic rings. The molecule has 1 saturated carbocycles. The molecule has 1 aliphatic carbocycles. The second-order valence-electron chi connectivity index (χ2n) is 7.34. The molecule has 130 valence electrons. The number of aryl methyl sites for hydroxylation is 1. The first kappa shape index (κ1) is 16.5. The highest BCUT2D eigenvalue weighted by Crippen LogP contribution is 2.36. The van der Waals surface area contributed by atoms with Gasteiger partial charge in [-0.05, 0) is 55.6 Å². The fourth-order valence-electron chi connectivity index (χ4n) is 4.34.